The fourth-order valence-corrected chi connectivity index (χ4v) is 4.11. The van der Waals surface area contributed by atoms with Crippen LogP contribution in [0.5, 0.6) is 11.5 Å². The van der Waals surface area contributed by atoms with Gasteiger partial charge >= 0.3 is 5.97 Å². The molecule has 6 nitrogen and oxygen atoms in total. The van der Waals surface area contributed by atoms with E-state index in [0.29, 0.717) is 31.1 Å². The molecule has 2 fully saturated rings. The van der Waals surface area contributed by atoms with E-state index in [9.17, 15) is 14.0 Å². The molecule has 4 rings (SSSR count). The zero-order valence-corrected chi connectivity index (χ0v) is 16.1. The van der Waals surface area contributed by atoms with Gasteiger partial charge in [-0.15, -0.1) is 0 Å². The molecule has 0 bridgehead atoms. The van der Waals surface area contributed by atoms with Crippen molar-refractivity contribution in [3.05, 3.63) is 59.4 Å². The number of piperidine rings is 1. The van der Waals surface area contributed by atoms with Crippen LogP contribution in [0.3, 0.4) is 0 Å². The molecule has 29 heavy (non-hydrogen) atoms. The molecule has 1 aliphatic carbocycles. The maximum Gasteiger partial charge on any atom is 0.309 e. The SMILES string of the molecule is COC(=O)C1[C@H]2CN(C(=O)c3cc(Oc4ccc(CCN)cc4)ccc3F)C[C@@H]12. The molecule has 1 heterocycles. The number of likely N-dealkylation sites (tertiary alicyclic amines) is 1. The first-order chi connectivity index (χ1) is 14.0. The van der Waals surface area contributed by atoms with E-state index in [4.69, 9.17) is 15.2 Å². The van der Waals surface area contributed by atoms with E-state index in [1.165, 1.54) is 25.3 Å². The van der Waals surface area contributed by atoms with Crippen molar-refractivity contribution >= 4 is 11.9 Å². The Labute approximate surface area is 168 Å². The Bertz CT molecular complexity index is 919. The smallest absolute Gasteiger partial charge is 0.309 e. The van der Waals surface area contributed by atoms with Gasteiger partial charge in [0.05, 0.1) is 18.6 Å². The van der Waals surface area contributed by atoms with Gasteiger partial charge in [-0.25, -0.2) is 4.39 Å². The molecule has 2 N–H and O–H groups in total. The molecular formula is C22H23FN2O4. The van der Waals surface area contributed by atoms with Gasteiger partial charge in [-0.3, -0.25) is 9.59 Å². The highest BCUT2D eigenvalue weighted by Gasteiger charge is 2.61. The van der Waals surface area contributed by atoms with Gasteiger partial charge in [0.15, 0.2) is 0 Å². The first-order valence-electron chi connectivity index (χ1n) is 9.65. The Morgan fingerprint density at radius 1 is 1.10 bits per heavy atom. The molecule has 3 atom stereocenters. The third-order valence-electron chi connectivity index (χ3n) is 5.71. The third kappa shape index (κ3) is 3.82. The van der Waals surface area contributed by atoms with E-state index in [1.807, 2.05) is 24.3 Å². The summed E-state index contributed by atoms with van der Waals surface area (Å²) in [5.41, 5.74) is 6.62. The lowest BCUT2D eigenvalue weighted by molar-refractivity contribution is -0.143. The van der Waals surface area contributed by atoms with Crippen molar-refractivity contribution in [3.8, 4) is 11.5 Å². The van der Waals surface area contributed by atoms with E-state index in [-0.39, 0.29) is 35.2 Å². The molecule has 0 spiro atoms. The third-order valence-corrected chi connectivity index (χ3v) is 5.71. The Morgan fingerprint density at radius 3 is 2.38 bits per heavy atom. The molecule has 2 aromatic rings. The number of hydrogen-bond acceptors (Lipinski definition) is 5. The second kappa shape index (κ2) is 7.83. The van der Waals surface area contributed by atoms with Crippen LogP contribution in [0.15, 0.2) is 42.5 Å². The van der Waals surface area contributed by atoms with Crippen LogP contribution in [-0.2, 0) is 16.0 Å². The number of nitrogens with two attached hydrogens (primary N) is 1. The summed E-state index contributed by atoms with van der Waals surface area (Å²) in [5, 5.41) is 0. The fourth-order valence-electron chi connectivity index (χ4n) is 4.11. The van der Waals surface area contributed by atoms with Crippen LogP contribution in [0.2, 0.25) is 0 Å². The number of fused-ring (bicyclic) bond motifs is 1. The van der Waals surface area contributed by atoms with Gasteiger partial charge in [0.2, 0.25) is 0 Å². The number of halogens is 1. The maximum atomic E-state index is 14.3. The van der Waals surface area contributed by atoms with Crippen molar-refractivity contribution in [1.29, 1.82) is 0 Å². The number of nitrogens with zero attached hydrogens (tertiary/aromatic N) is 1. The number of benzene rings is 2. The number of carbonyl (C=O) groups excluding carboxylic acids is 2. The summed E-state index contributed by atoms with van der Waals surface area (Å²) >= 11 is 0. The van der Waals surface area contributed by atoms with Crippen LogP contribution in [0.1, 0.15) is 15.9 Å². The molecule has 152 valence electrons. The van der Waals surface area contributed by atoms with E-state index >= 15 is 0 Å². The second-order valence-corrected chi connectivity index (χ2v) is 7.51. The Kier molecular flexibility index (Phi) is 5.24. The molecule has 1 amide bonds. The Balaban J connectivity index is 1.43. The maximum absolute atomic E-state index is 14.3. The molecule has 2 aromatic carbocycles. The highest BCUT2D eigenvalue weighted by molar-refractivity contribution is 5.95. The highest BCUT2D eigenvalue weighted by atomic mass is 19.1. The molecule has 0 radical (unpaired) electrons. The van der Waals surface area contributed by atoms with Gasteiger partial charge in [-0.05, 0) is 60.7 Å². The average molecular weight is 398 g/mol. The summed E-state index contributed by atoms with van der Waals surface area (Å²) in [5.74, 6) is -0.135. The largest absolute Gasteiger partial charge is 0.469 e. The molecule has 1 aliphatic heterocycles. The molecular weight excluding hydrogens is 375 g/mol. The van der Waals surface area contributed by atoms with Gasteiger partial charge < -0.3 is 20.1 Å². The zero-order chi connectivity index (χ0) is 20.5. The van der Waals surface area contributed by atoms with E-state index in [1.54, 1.807) is 4.90 Å². The summed E-state index contributed by atoms with van der Waals surface area (Å²) in [7, 11) is 1.37. The normalized spacial score (nSPS) is 22.2. The number of amides is 1. The number of methoxy groups -OCH3 is 1. The molecule has 2 aliphatic rings. The quantitative estimate of drug-likeness (QED) is 0.757. The van der Waals surface area contributed by atoms with Gasteiger partial charge in [-0.2, -0.15) is 0 Å². The lowest BCUT2D eigenvalue weighted by Gasteiger charge is -2.20. The van der Waals surface area contributed by atoms with Gasteiger partial charge in [0.25, 0.3) is 5.91 Å². The summed E-state index contributed by atoms with van der Waals surface area (Å²) in [6, 6.07) is 11.6. The van der Waals surface area contributed by atoms with Crippen molar-refractivity contribution in [1.82, 2.24) is 4.90 Å². The minimum atomic E-state index is -0.592. The summed E-state index contributed by atoms with van der Waals surface area (Å²) in [6.07, 6.45) is 0.782. The minimum Gasteiger partial charge on any atom is -0.469 e. The number of hydrogen-bond donors (Lipinski definition) is 1. The van der Waals surface area contributed by atoms with Crippen LogP contribution >= 0.6 is 0 Å². The van der Waals surface area contributed by atoms with Crippen LogP contribution in [0.4, 0.5) is 4.39 Å². The van der Waals surface area contributed by atoms with Crippen molar-refractivity contribution in [2.75, 3.05) is 26.7 Å². The average Bonchev–Trinajstić information content (AvgIpc) is 3.23. The van der Waals surface area contributed by atoms with Crippen LogP contribution in [-0.4, -0.2) is 43.5 Å². The molecule has 7 heteroatoms. The van der Waals surface area contributed by atoms with Gasteiger partial charge in [-0.1, -0.05) is 12.1 Å². The first kappa shape index (κ1) is 19.4. The lowest BCUT2D eigenvalue weighted by Crippen LogP contribution is -2.33. The topological polar surface area (TPSA) is 81.9 Å². The lowest BCUT2D eigenvalue weighted by atomic mass is 10.1. The molecule has 1 saturated heterocycles. The zero-order valence-electron chi connectivity index (χ0n) is 16.1. The fraction of sp³-hybridized carbons (Fsp3) is 0.364. The van der Waals surface area contributed by atoms with E-state index in [0.717, 1.165) is 12.0 Å². The molecule has 1 saturated carbocycles. The van der Waals surface area contributed by atoms with Crippen LogP contribution in [0, 0.1) is 23.6 Å². The van der Waals surface area contributed by atoms with Crippen molar-refractivity contribution in [2.24, 2.45) is 23.5 Å². The van der Waals surface area contributed by atoms with Gasteiger partial charge in [0.1, 0.15) is 17.3 Å². The van der Waals surface area contributed by atoms with E-state index in [2.05, 4.69) is 0 Å². The predicted octanol–water partition coefficient (Wildman–Crippen LogP) is 2.61. The monoisotopic (exact) mass is 398 g/mol. The number of esters is 1. The standard InChI is InChI=1S/C22H23FN2O4/c1-28-22(27)20-17-11-25(12-18(17)20)21(26)16-10-15(6-7-19(16)23)29-14-4-2-13(3-5-14)8-9-24/h2-7,10,17-18,20H,8-9,11-12,24H2,1H3/t17-,18+,20?. The minimum absolute atomic E-state index is 0.0295. The van der Waals surface area contributed by atoms with E-state index < -0.39 is 5.82 Å². The van der Waals surface area contributed by atoms with Crippen molar-refractivity contribution < 1.29 is 23.5 Å². The second-order valence-electron chi connectivity index (χ2n) is 7.51. The number of carbonyl (C=O) groups is 2. The van der Waals surface area contributed by atoms with Gasteiger partial charge in [0, 0.05) is 13.1 Å². The Morgan fingerprint density at radius 2 is 1.76 bits per heavy atom. The number of rotatable bonds is 6. The first-order valence-corrected chi connectivity index (χ1v) is 9.65. The predicted molar refractivity (Wildman–Crippen MR) is 104 cm³/mol. The number of ether oxygens (including phenoxy) is 2. The molecule has 0 aromatic heterocycles. The van der Waals surface area contributed by atoms with Crippen molar-refractivity contribution in [3.63, 3.8) is 0 Å². The summed E-state index contributed by atoms with van der Waals surface area (Å²) < 4.78 is 24.9. The summed E-state index contributed by atoms with van der Waals surface area (Å²) in [4.78, 5) is 26.1. The summed E-state index contributed by atoms with van der Waals surface area (Å²) in [6.45, 7) is 1.45. The molecule has 1 unspecified atom stereocenters. The van der Waals surface area contributed by atoms with Crippen LogP contribution in [0.25, 0.3) is 0 Å². The highest BCUT2D eigenvalue weighted by Crippen LogP contribution is 2.52. The van der Waals surface area contributed by atoms with Crippen molar-refractivity contribution in [2.45, 2.75) is 6.42 Å². The van der Waals surface area contributed by atoms with Crippen LogP contribution < -0.4 is 10.5 Å². The Hall–Kier alpha value is -2.93.